The molecule has 3 aromatic rings. The lowest BCUT2D eigenvalue weighted by Crippen LogP contribution is -2.26. The van der Waals surface area contributed by atoms with Gasteiger partial charge in [0.25, 0.3) is 0 Å². The summed E-state index contributed by atoms with van der Waals surface area (Å²) in [6, 6.07) is 9.37. The van der Waals surface area contributed by atoms with E-state index < -0.39 is 0 Å². The van der Waals surface area contributed by atoms with E-state index in [1.165, 1.54) is 0 Å². The van der Waals surface area contributed by atoms with Gasteiger partial charge in [0, 0.05) is 24.5 Å². The van der Waals surface area contributed by atoms with Gasteiger partial charge in [0.05, 0.1) is 22.8 Å². The van der Waals surface area contributed by atoms with Gasteiger partial charge < -0.3 is 17.2 Å². The third-order valence-corrected chi connectivity index (χ3v) is 3.74. The van der Waals surface area contributed by atoms with Gasteiger partial charge in [-0.1, -0.05) is 0 Å². The van der Waals surface area contributed by atoms with E-state index in [1.807, 2.05) is 54.3 Å². The van der Waals surface area contributed by atoms with E-state index >= 15 is 0 Å². The zero-order chi connectivity index (χ0) is 18.7. The third kappa shape index (κ3) is 3.72. The summed E-state index contributed by atoms with van der Waals surface area (Å²) in [5.41, 5.74) is 20.6. The zero-order valence-corrected chi connectivity index (χ0v) is 14.7. The van der Waals surface area contributed by atoms with Crippen molar-refractivity contribution < 1.29 is 0 Å². The second kappa shape index (κ2) is 7.09. The topological polar surface area (TPSA) is 138 Å². The van der Waals surface area contributed by atoms with Crippen LogP contribution in [0.15, 0.2) is 52.7 Å². The maximum absolute atomic E-state index is 5.63. The average Bonchev–Trinajstić information content (AvgIpc) is 3.21. The number of nitrogens with two attached hydrogens (primary N) is 3. The maximum Gasteiger partial charge on any atom is 0.223 e. The summed E-state index contributed by atoms with van der Waals surface area (Å²) in [6.45, 7) is 4.86. The average molecular weight is 351 g/mol. The van der Waals surface area contributed by atoms with Gasteiger partial charge in [-0.05, 0) is 44.2 Å². The third-order valence-electron chi connectivity index (χ3n) is 3.74. The van der Waals surface area contributed by atoms with Crippen LogP contribution in [-0.2, 0) is 6.54 Å². The second-order valence-corrected chi connectivity index (χ2v) is 5.65. The molecule has 0 radical (unpaired) electrons. The van der Waals surface area contributed by atoms with E-state index in [0.29, 0.717) is 5.69 Å². The van der Waals surface area contributed by atoms with Crippen LogP contribution in [0.1, 0.15) is 12.6 Å². The number of nitrogens with zero attached hydrogens (tertiary/aromatic N) is 6. The van der Waals surface area contributed by atoms with Crippen LogP contribution in [0.3, 0.4) is 0 Å². The van der Waals surface area contributed by atoms with E-state index in [-0.39, 0.29) is 11.9 Å². The predicted molar refractivity (Wildman–Crippen MR) is 102 cm³/mol. The Hall–Kier alpha value is -3.62. The van der Waals surface area contributed by atoms with Crippen molar-refractivity contribution in [1.82, 2.24) is 19.6 Å². The molecule has 26 heavy (non-hydrogen) atoms. The lowest BCUT2D eigenvalue weighted by molar-refractivity contribution is 0.653. The van der Waals surface area contributed by atoms with Crippen molar-refractivity contribution in [3.05, 3.63) is 48.4 Å². The number of hydrogen-bond acceptors (Lipinski definition) is 3. The molecule has 1 aromatic carbocycles. The van der Waals surface area contributed by atoms with Crippen molar-refractivity contribution in [2.75, 3.05) is 0 Å². The highest BCUT2D eigenvalue weighted by molar-refractivity contribution is 5.93. The fourth-order valence-electron chi connectivity index (χ4n) is 2.51. The highest BCUT2D eigenvalue weighted by atomic mass is 15.3. The van der Waals surface area contributed by atoms with E-state index in [1.54, 1.807) is 4.68 Å². The first-order valence-corrected chi connectivity index (χ1v) is 8.10. The first kappa shape index (κ1) is 17.2. The lowest BCUT2D eigenvalue weighted by atomic mass is 10.2. The fourth-order valence-corrected chi connectivity index (χ4v) is 2.51. The minimum atomic E-state index is -0.131. The van der Waals surface area contributed by atoms with Crippen molar-refractivity contribution in [1.29, 1.82) is 0 Å². The van der Waals surface area contributed by atoms with Crippen molar-refractivity contribution in [2.24, 2.45) is 27.2 Å². The summed E-state index contributed by atoms with van der Waals surface area (Å²) in [6.07, 6.45) is 3.91. The summed E-state index contributed by atoms with van der Waals surface area (Å²) in [5.74, 6) is -0.129. The summed E-state index contributed by atoms with van der Waals surface area (Å²) in [4.78, 5) is 7.80. The summed E-state index contributed by atoms with van der Waals surface area (Å²) in [7, 11) is 0. The normalized spacial score (nSPS) is 11.5. The molecule has 6 N–H and O–H groups in total. The molecule has 0 atom stereocenters. The number of aliphatic imine (C=N–C) groups is 2. The van der Waals surface area contributed by atoms with Crippen LogP contribution >= 0.6 is 0 Å². The van der Waals surface area contributed by atoms with Gasteiger partial charge in [0.2, 0.25) is 5.96 Å². The molecule has 9 nitrogen and oxygen atoms in total. The Bertz CT molecular complexity index is 957. The number of aromatic nitrogens is 4. The van der Waals surface area contributed by atoms with Gasteiger partial charge in [-0.15, -0.1) is 0 Å². The molecule has 0 amide bonds. The molecule has 2 heterocycles. The minimum Gasteiger partial charge on any atom is -0.370 e. The Morgan fingerprint density at radius 3 is 2.42 bits per heavy atom. The molecule has 0 saturated heterocycles. The van der Waals surface area contributed by atoms with Crippen LogP contribution in [-0.4, -0.2) is 31.5 Å². The standard InChI is InChI=1S/C17H21N9/c1-3-25-10-14(11(2)23-25)15-8-9-26(24-15)13-6-4-12(5-7-13)21-17(20)22-16(18)19/h4-10H,3H2,1-2H3,(H6,18,19,20,21,22). The number of benzene rings is 1. The van der Waals surface area contributed by atoms with Crippen molar-refractivity contribution in [2.45, 2.75) is 20.4 Å². The number of guanidine groups is 2. The first-order valence-electron chi connectivity index (χ1n) is 8.10. The van der Waals surface area contributed by atoms with Gasteiger partial charge in [-0.2, -0.15) is 15.2 Å². The Balaban J connectivity index is 1.83. The molecule has 0 fully saturated rings. The van der Waals surface area contributed by atoms with Crippen LogP contribution in [0, 0.1) is 6.92 Å². The molecule has 0 saturated carbocycles. The molecule has 0 aliphatic carbocycles. The van der Waals surface area contributed by atoms with Crippen LogP contribution in [0.25, 0.3) is 16.9 Å². The van der Waals surface area contributed by atoms with Gasteiger partial charge in [-0.3, -0.25) is 4.68 Å². The molecule has 0 spiro atoms. The van der Waals surface area contributed by atoms with Gasteiger partial charge in [0.15, 0.2) is 5.96 Å². The van der Waals surface area contributed by atoms with Crippen molar-refractivity contribution in [3.63, 3.8) is 0 Å². The van der Waals surface area contributed by atoms with E-state index in [4.69, 9.17) is 17.2 Å². The number of rotatable bonds is 4. The maximum atomic E-state index is 5.63. The quantitative estimate of drug-likeness (QED) is 0.480. The number of hydrogen-bond donors (Lipinski definition) is 3. The molecular formula is C17H21N9. The lowest BCUT2D eigenvalue weighted by Gasteiger charge is -2.02. The largest absolute Gasteiger partial charge is 0.370 e. The van der Waals surface area contributed by atoms with Crippen LogP contribution in [0.5, 0.6) is 0 Å². The van der Waals surface area contributed by atoms with Gasteiger partial charge in [0.1, 0.15) is 0 Å². The van der Waals surface area contributed by atoms with Gasteiger partial charge >= 0.3 is 0 Å². The first-order chi connectivity index (χ1) is 12.5. The molecule has 0 aliphatic rings. The number of aryl methyl sites for hydroxylation is 2. The summed E-state index contributed by atoms with van der Waals surface area (Å²) < 4.78 is 3.70. The summed E-state index contributed by atoms with van der Waals surface area (Å²) >= 11 is 0. The monoisotopic (exact) mass is 351 g/mol. The molecule has 0 aliphatic heterocycles. The van der Waals surface area contributed by atoms with Gasteiger partial charge in [-0.25, -0.2) is 9.67 Å². The molecule has 134 valence electrons. The van der Waals surface area contributed by atoms with Crippen molar-refractivity contribution >= 4 is 17.6 Å². The van der Waals surface area contributed by atoms with E-state index in [0.717, 1.165) is 29.2 Å². The molecule has 0 bridgehead atoms. The molecule has 3 rings (SSSR count). The zero-order valence-electron chi connectivity index (χ0n) is 14.7. The minimum absolute atomic E-state index is 0.00235. The Morgan fingerprint density at radius 1 is 1.08 bits per heavy atom. The molecule has 0 unspecified atom stereocenters. The van der Waals surface area contributed by atoms with E-state index in [2.05, 4.69) is 27.1 Å². The van der Waals surface area contributed by atoms with Crippen LogP contribution < -0.4 is 17.2 Å². The fraction of sp³-hybridized carbons (Fsp3) is 0.176. The Kier molecular flexibility index (Phi) is 4.70. The molecule has 2 aromatic heterocycles. The van der Waals surface area contributed by atoms with E-state index in [9.17, 15) is 0 Å². The van der Waals surface area contributed by atoms with Crippen LogP contribution in [0.2, 0.25) is 0 Å². The Morgan fingerprint density at radius 2 is 1.81 bits per heavy atom. The highest BCUT2D eigenvalue weighted by Crippen LogP contribution is 2.22. The second-order valence-electron chi connectivity index (χ2n) is 5.65. The van der Waals surface area contributed by atoms with Crippen LogP contribution in [0.4, 0.5) is 5.69 Å². The predicted octanol–water partition coefficient (Wildman–Crippen LogP) is 1.28. The molecular weight excluding hydrogens is 330 g/mol. The highest BCUT2D eigenvalue weighted by Gasteiger charge is 2.10. The SMILES string of the molecule is CCn1cc(-c2ccn(-c3ccc(N=C(N)N=C(N)N)cc3)n2)c(C)n1. The molecule has 9 heteroatoms. The smallest absolute Gasteiger partial charge is 0.223 e. The Labute approximate surface area is 150 Å². The summed E-state index contributed by atoms with van der Waals surface area (Å²) in [5, 5.41) is 9.10. The van der Waals surface area contributed by atoms with Crippen molar-refractivity contribution in [3.8, 4) is 16.9 Å².